The number of amides is 1. The fourth-order valence-electron chi connectivity index (χ4n) is 3.56. The lowest BCUT2D eigenvalue weighted by molar-refractivity contribution is -0.124. The molecule has 2 heterocycles. The van der Waals surface area contributed by atoms with Gasteiger partial charge in [0.25, 0.3) is 0 Å². The Labute approximate surface area is 129 Å². The molecule has 0 aromatic heterocycles. The number of fused-ring (bicyclic) bond motifs is 1. The number of nitrogens with two attached hydrogens (primary N) is 1. The zero-order valence-electron chi connectivity index (χ0n) is 13.9. The van der Waals surface area contributed by atoms with Crippen LogP contribution in [0.2, 0.25) is 0 Å². The van der Waals surface area contributed by atoms with Crippen molar-refractivity contribution < 1.29 is 4.79 Å². The average Bonchev–Trinajstić information content (AvgIpc) is 2.42. The van der Waals surface area contributed by atoms with Crippen LogP contribution in [-0.4, -0.2) is 66.1 Å². The van der Waals surface area contributed by atoms with Crippen LogP contribution in [0, 0.1) is 0 Å². The van der Waals surface area contributed by atoms with Gasteiger partial charge in [-0.15, -0.1) is 0 Å². The molecule has 2 rings (SSSR count). The lowest BCUT2D eigenvalue weighted by Gasteiger charge is -2.46. The molecule has 3 N–H and O–H groups in total. The lowest BCUT2D eigenvalue weighted by atomic mass is 9.98. The number of carbonyl (C=O) groups is 1. The highest BCUT2D eigenvalue weighted by Crippen LogP contribution is 2.22. The van der Waals surface area contributed by atoms with Crippen molar-refractivity contribution >= 4 is 5.91 Å². The molecule has 2 unspecified atom stereocenters. The highest BCUT2D eigenvalue weighted by molar-refractivity contribution is 5.77. The van der Waals surface area contributed by atoms with Gasteiger partial charge >= 0.3 is 0 Å². The van der Waals surface area contributed by atoms with E-state index in [0.717, 1.165) is 19.6 Å². The Bertz CT molecular complexity index is 353. The van der Waals surface area contributed by atoms with Crippen LogP contribution < -0.4 is 11.1 Å². The molecule has 0 spiro atoms. The Kier molecular flexibility index (Phi) is 5.63. The molecule has 0 aliphatic carbocycles. The van der Waals surface area contributed by atoms with Crippen molar-refractivity contribution in [1.82, 2.24) is 15.1 Å². The predicted molar refractivity (Wildman–Crippen MR) is 86.1 cm³/mol. The van der Waals surface area contributed by atoms with Gasteiger partial charge in [0.1, 0.15) is 0 Å². The van der Waals surface area contributed by atoms with E-state index in [0.29, 0.717) is 19.0 Å². The summed E-state index contributed by atoms with van der Waals surface area (Å²) >= 11 is 0. The Balaban J connectivity index is 1.87. The number of piperidine rings is 1. The second-order valence-corrected chi connectivity index (χ2v) is 7.57. The zero-order chi connectivity index (χ0) is 15.5. The molecule has 1 amide bonds. The summed E-state index contributed by atoms with van der Waals surface area (Å²) in [6.07, 6.45) is 4.49. The molecule has 2 aliphatic rings. The van der Waals surface area contributed by atoms with E-state index in [4.69, 9.17) is 5.73 Å². The molecule has 5 heteroatoms. The maximum atomic E-state index is 12.1. The van der Waals surface area contributed by atoms with Crippen molar-refractivity contribution in [1.29, 1.82) is 0 Å². The molecule has 0 aromatic rings. The highest BCUT2D eigenvalue weighted by Gasteiger charge is 2.32. The Morgan fingerprint density at radius 3 is 2.71 bits per heavy atom. The maximum absolute atomic E-state index is 12.1. The molecule has 5 nitrogen and oxygen atoms in total. The van der Waals surface area contributed by atoms with Crippen molar-refractivity contribution in [3.8, 4) is 0 Å². The summed E-state index contributed by atoms with van der Waals surface area (Å²) in [5.41, 5.74) is 5.78. The first-order valence-corrected chi connectivity index (χ1v) is 8.38. The van der Waals surface area contributed by atoms with Gasteiger partial charge in [-0.1, -0.05) is 6.42 Å². The third-order valence-electron chi connectivity index (χ3n) is 4.59. The van der Waals surface area contributed by atoms with Gasteiger partial charge < -0.3 is 11.1 Å². The first kappa shape index (κ1) is 16.7. The summed E-state index contributed by atoms with van der Waals surface area (Å²) in [4.78, 5) is 17.2. The number of rotatable bonds is 4. The molecule has 0 saturated carbocycles. The van der Waals surface area contributed by atoms with Crippen LogP contribution in [0.3, 0.4) is 0 Å². The van der Waals surface area contributed by atoms with Crippen molar-refractivity contribution in [3.63, 3.8) is 0 Å². The summed E-state index contributed by atoms with van der Waals surface area (Å²) in [7, 11) is 0. The topological polar surface area (TPSA) is 61.6 Å². The molecule has 2 fully saturated rings. The Morgan fingerprint density at radius 2 is 2.05 bits per heavy atom. The van der Waals surface area contributed by atoms with Crippen molar-refractivity contribution in [2.75, 3.05) is 32.7 Å². The normalized spacial score (nSPS) is 26.2. The first-order valence-electron chi connectivity index (χ1n) is 8.38. The van der Waals surface area contributed by atoms with Crippen molar-refractivity contribution in [2.24, 2.45) is 5.73 Å². The van der Waals surface area contributed by atoms with Crippen molar-refractivity contribution in [2.45, 2.75) is 64.1 Å². The number of carbonyl (C=O) groups excluding carboxylic acids is 1. The largest absolute Gasteiger partial charge is 0.351 e. The summed E-state index contributed by atoms with van der Waals surface area (Å²) in [5.74, 6) is 0.115. The molecule has 2 aliphatic heterocycles. The SMILES string of the molecule is CC(C)(C)NC(=O)CC(CN)N1CCN2CCCCC2C1. The van der Waals surface area contributed by atoms with Gasteiger partial charge in [0.05, 0.1) is 0 Å². The van der Waals surface area contributed by atoms with E-state index in [2.05, 4.69) is 15.1 Å². The number of hydrogen-bond acceptors (Lipinski definition) is 4. The van der Waals surface area contributed by atoms with Crippen LogP contribution in [0.25, 0.3) is 0 Å². The number of hydrogen-bond donors (Lipinski definition) is 2. The van der Waals surface area contributed by atoms with Gasteiger partial charge in [0.2, 0.25) is 5.91 Å². The van der Waals surface area contributed by atoms with Crippen LogP contribution in [0.4, 0.5) is 0 Å². The molecule has 2 atom stereocenters. The Morgan fingerprint density at radius 1 is 1.29 bits per heavy atom. The van der Waals surface area contributed by atoms with E-state index in [-0.39, 0.29) is 17.5 Å². The number of piperazine rings is 1. The second-order valence-electron chi connectivity index (χ2n) is 7.57. The van der Waals surface area contributed by atoms with Gasteiger partial charge in [0, 0.05) is 50.2 Å². The fraction of sp³-hybridized carbons (Fsp3) is 0.938. The average molecular weight is 296 g/mol. The molecular weight excluding hydrogens is 264 g/mol. The summed E-state index contributed by atoms with van der Waals surface area (Å²) in [6.45, 7) is 11.1. The van der Waals surface area contributed by atoms with Gasteiger partial charge in [-0.25, -0.2) is 0 Å². The quantitative estimate of drug-likeness (QED) is 0.805. The van der Waals surface area contributed by atoms with E-state index in [1.54, 1.807) is 0 Å². The first-order chi connectivity index (χ1) is 9.89. The minimum absolute atomic E-state index is 0.115. The molecular formula is C16H32N4O. The van der Waals surface area contributed by atoms with Gasteiger partial charge in [-0.3, -0.25) is 14.6 Å². The lowest BCUT2D eigenvalue weighted by Crippen LogP contribution is -2.59. The van der Waals surface area contributed by atoms with E-state index < -0.39 is 0 Å². The van der Waals surface area contributed by atoms with Gasteiger partial charge in [-0.05, 0) is 40.2 Å². The van der Waals surface area contributed by atoms with Gasteiger partial charge in [-0.2, -0.15) is 0 Å². The van der Waals surface area contributed by atoms with Crippen LogP contribution in [-0.2, 0) is 4.79 Å². The maximum Gasteiger partial charge on any atom is 0.222 e. The minimum Gasteiger partial charge on any atom is -0.351 e. The van der Waals surface area contributed by atoms with Crippen molar-refractivity contribution in [3.05, 3.63) is 0 Å². The third-order valence-corrected chi connectivity index (χ3v) is 4.59. The van der Waals surface area contributed by atoms with E-state index in [9.17, 15) is 4.79 Å². The second kappa shape index (κ2) is 7.07. The fourth-order valence-corrected chi connectivity index (χ4v) is 3.56. The van der Waals surface area contributed by atoms with Crippen LogP contribution in [0.5, 0.6) is 0 Å². The van der Waals surface area contributed by atoms with E-state index >= 15 is 0 Å². The smallest absolute Gasteiger partial charge is 0.222 e. The Hall–Kier alpha value is -0.650. The molecule has 0 aromatic carbocycles. The summed E-state index contributed by atoms with van der Waals surface area (Å²) in [5, 5.41) is 3.05. The standard InChI is InChI=1S/C16H32N4O/c1-16(2,3)18-15(21)10-14(11-17)20-9-8-19-7-5-4-6-13(19)12-20/h13-14H,4-12,17H2,1-3H3,(H,18,21). The summed E-state index contributed by atoms with van der Waals surface area (Å²) in [6, 6.07) is 0.851. The van der Waals surface area contributed by atoms with Crippen LogP contribution in [0.1, 0.15) is 46.5 Å². The third kappa shape index (κ3) is 4.94. The minimum atomic E-state index is -0.168. The van der Waals surface area contributed by atoms with Crippen LogP contribution >= 0.6 is 0 Å². The van der Waals surface area contributed by atoms with Crippen LogP contribution in [0.15, 0.2) is 0 Å². The molecule has 0 bridgehead atoms. The summed E-state index contributed by atoms with van der Waals surface area (Å²) < 4.78 is 0. The monoisotopic (exact) mass is 296 g/mol. The number of nitrogens with zero attached hydrogens (tertiary/aromatic N) is 2. The predicted octanol–water partition coefficient (Wildman–Crippen LogP) is 0.789. The zero-order valence-corrected chi connectivity index (χ0v) is 13.9. The number of nitrogens with one attached hydrogen (secondary N) is 1. The molecule has 2 saturated heterocycles. The molecule has 21 heavy (non-hydrogen) atoms. The van der Waals surface area contributed by atoms with E-state index in [1.807, 2.05) is 20.8 Å². The molecule has 0 radical (unpaired) electrons. The van der Waals surface area contributed by atoms with Gasteiger partial charge in [0.15, 0.2) is 0 Å². The van der Waals surface area contributed by atoms with E-state index in [1.165, 1.54) is 25.8 Å². The highest BCUT2D eigenvalue weighted by atomic mass is 16.1. The molecule has 122 valence electrons.